The van der Waals surface area contributed by atoms with E-state index in [9.17, 15) is 0 Å². The van der Waals surface area contributed by atoms with Gasteiger partial charge in [0.1, 0.15) is 0 Å². The third-order valence-corrected chi connectivity index (χ3v) is 3.86. The molecule has 0 aromatic heterocycles. The van der Waals surface area contributed by atoms with Crippen LogP contribution >= 0.6 is 0 Å². The fraction of sp³-hybridized carbons (Fsp3) is 0.867. The fourth-order valence-corrected chi connectivity index (χ4v) is 2.36. The lowest BCUT2D eigenvalue weighted by Crippen LogP contribution is -2.49. The summed E-state index contributed by atoms with van der Waals surface area (Å²) in [4.78, 5) is 0. The summed E-state index contributed by atoms with van der Waals surface area (Å²) in [5.41, 5.74) is 7.68. The van der Waals surface area contributed by atoms with E-state index in [-0.39, 0.29) is 5.54 Å². The van der Waals surface area contributed by atoms with Gasteiger partial charge in [-0.05, 0) is 57.9 Å². The zero-order valence-electron chi connectivity index (χ0n) is 11.9. The molecule has 1 aliphatic carbocycles. The highest BCUT2D eigenvalue weighted by atomic mass is 15.0. The Morgan fingerprint density at radius 2 is 2.24 bits per heavy atom. The van der Waals surface area contributed by atoms with E-state index in [0.29, 0.717) is 0 Å². The Hall–Kier alpha value is -0.340. The van der Waals surface area contributed by atoms with Gasteiger partial charge in [0.15, 0.2) is 0 Å². The predicted octanol–water partition coefficient (Wildman–Crippen LogP) is 3.23. The van der Waals surface area contributed by atoms with Gasteiger partial charge in [0.25, 0.3) is 0 Å². The molecule has 3 N–H and O–H groups in total. The zero-order valence-corrected chi connectivity index (χ0v) is 11.9. The molecule has 0 aromatic carbocycles. The molecule has 2 nitrogen and oxygen atoms in total. The summed E-state index contributed by atoms with van der Waals surface area (Å²) in [6, 6.07) is 0. The van der Waals surface area contributed by atoms with Crippen molar-refractivity contribution < 1.29 is 0 Å². The van der Waals surface area contributed by atoms with E-state index >= 15 is 0 Å². The Kier molecular flexibility index (Phi) is 6.21. The van der Waals surface area contributed by atoms with Crippen molar-refractivity contribution in [3.63, 3.8) is 0 Å². The van der Waals surface area contributed by atoms with Crippen molar-refractivity contribution in [2.45, 2.75) is 64.8 Å². The predicted molar refractivity (Wildman–Crippen MR) is 76.1 cm³/mol. The molecule has 1 rings (SSSR count). The summed E-state index contributed by atoms with van der Waals surface area (Å²) >= 11 is 0. The standard InChI is InChI=1S/C15H30N2/c1-13(2)8-10-15(3,12-16)17-11-9-14-6-4-5-7-14/h6,13,17H,4-5,7-12,16H2,1-3H3. The second kappa shape index (κ2) is 7.17. The summed E-state index contributed by atoms with van der Waals surface area (Å²) in [7, 11) is 0. The highest BCUT2D eigenvalue weighted by Crippen LogP contribution is 2.21. The van der Waals surface area contributed by atoms with Gasteiger partial charge in [-0.25, -0.2) is 0 Å². The maximum Gasteiger partial charge on any atom is 0.0275 e. The van der Waals surface area contributed by atoms with Crippen LogP contribution in [0.2, 0.25) is 0 Å². The molecular weight excluding hydrogens is 208 g/mol. The zero-order chi connectivity index (χ0) is 12.7. The van der Waals surface area contributed by atoms with Crippen molar-refractivity contribution >= 4 is 0 Å². The lowest BCUT2D eigenvalue weighted by atomic mass is 9.91. The van der Waals surface area contributed by atoms with Crippen LogP contribution in [0.5, 0.6) is 0 Å². The van der Waals surface area contributed by atoms with Crippen LogP contribution in [0.25, 0.3) is 0 Å². The van der Waals surface area contributed by atoms with Crippen molar-refractivity contribution in [3.05, 3.63) is 11.6 Å². The van der Waals surface area contributed by atoms with Crippen molar-refractivity contribution in [2.75, 3.05) is 13.1 Å². The smallest absolute Gasteiger partial charge is 0.0275 e. The third-order valence-electron chi connectivity index (χ3n) is 3.86. The van der Waals surface area contributed by atoms with E-state index < -0.39 is 0 Å². The van der Waals surface area contributed by atoms with Gasteiger partial charge >= 0.3 is 0 Å². The first kappa shape index (κ1) is 14.7. The number of hydrogen-bond acceptors (Lipinski definition) is 2. The lowest BCUT2D eigenvalue weighted by molar-refractivity contribution is 0.315. The van der Waals surface area contributed by atoms with Gasteiger partial charge in [-0.2, -0.15) is 0 Å². The normalized spacial score (nSPS) is 19.5. The second-order valence-electron chi connectivity index (χ2n) is 6.13. The molecule has 0 saturated carbocycles. The van der Waals surface area contributed by atoms with Gasteiger partial charge in [0.2, 0.25) is 0 Å². The first-order chi connectivity index (χ1) is 8.06. The highest BCUT2D eigenvalue weighted by Gasteiger charge is 2.21. The first-order valence-corrected chi connectivity index (χ1v) is 7.19. The van der Waals surface area contributed by atoms with Crippen LogP contribution in [0.4, 0.5) is 0 Å². The summed E-state index contributed by atoms with van der Waals surface area (Å²) in [5, 5.41) is 3.66. The molecule has 1 atom stereocenters. The van der Waals surface area contributed by atoms with E-state index in [1.165, 1.54) is 38.5 Å². The average Bonchev–Trinajstić information content (AvgIpc) is 2.79. The van der Waals surface area contributed by atoms with E-state index in [0.717, 1.165) is 19.0 Å². The summed E-state index contributed by atoms with van der Waals surface area (Å²) in [5.74, 6) is 0.764. The van der Waals surface area contributed by atoms with Gasteiger partial charge in [0.05, 0.1) is 0 Å². The van der Waals surface area contributed by atoms with E-state index in [1.807, 2.05) is 0 Å². The molecule has 1 aliphatic rings. The summed E-state index contributed by atoms with van der Waals surface area (Å²) < 4.78 is 0. The Morgan fingerprint density at radius 1 is 1.47 bits per heavy atom. The molecule has 1 unspecified atom stereocenters. The molecule has 100 valence electrons. The molecule has 0 amide bonds. The third kappa shape index (κ3) is 5.69. The minimum atomic E-state index is 0.128. The van der Waals surface area contributed by atoms with Gasteiger partial charge < -0.3 is 11.1 Å². The van der Waals surface area contributed by atoms with Crippen LogP contribution < -0.4 is 11.1 Å². The van der Waals surface area contributed by atoms with Crippen LogP contribution in [0, 0.1) is 5.92 Å². The molecule has 0 aromatic rings. The van der Waals surface area contributed by atoms with Crippen molar-refractivity contribution in [2.24, 2.45) is 11.7 Å². The number of nitrogens with one attached hydrogen (secondary N) is 1. The molecular formula is C15H30N2. The Morgan fingerprint density at radius 3 is 2.76 bits per heavy atom. The highest BCUT2D eigenvalue weighted by molar-refractivity contribution is 5.07. The summed E-state index contributed by atoms with van der Waals surface area (Å²) in [6.07, 6.45) is 10.0. The largest absolute Gasteiger partial charge is 0.329 e. The van der Waals surface area contributed by atoms with Gasteiger partial charge in [0, 0.05) is 12.1 Å². The topological polar surface area (TPSA) is 38.0 Å². The van der Waals surface area contributed by atoms with E-state index in [2.05, 4.69) is 32.2 Å². The van der Waals surface area contributed by atoms with Gasteiger partial charge in [-0.3, -0.25) is 0 Å². The maximum absolute atomic E-state index is 5.91. The number of hydrogen-bond donors (Lipinski definition) is 2. The number of rotatable bonds is 8. The molecule has 0 radical (unpaired) electrons. The second-order valence-corrected chi connectivity index (χ2v) is 6.13. The monoisotopic (exact) mass is 238 g/mol. The van der Waals surface area contributed by atoms with Crippen LogP contribution in [0.15, 0.2) is 11.6 Å². The lowest BCUT2D eigenvalue weighted by Gasteiger charge is -2.30. The minimum Gasteiger partial charge on any atom is -0.329 e. The Balaban J connectivity index is 2.24. The minimum absolute atomic E-state index is 0.128. The fourth-order valence-electron chi connectivity index (χ4n) is 2.36. The Labute approximate surface area is 107 Å². The van der Waals surface area contributed by atoms with Gasteiger partial charge in [-0.1, -0.05) is 25.5 Å². The molecule has 0 fully saturated rings. The average molecular weight is 238 g/mol. The van der Waals surface area contributed by atoms with Crippen molar-refractivity contribution in [1.29, 1.82) is 0 Å². The molecule has 0 aliphatic heterocycles. The van der Waals surface area contributed by atoms with E-state index in [1.54, 1.807) is 5.57 Å². The molecule has 2 heteroatoms. The number of nitrogens with two attached hydrogens (primary N) is 1. The molecule has 0 saturated heterocycles. The van der Waals surface area contributed by atoms with Crippen LogP contribution in [-0.4, -0.2) is 18.6 Å². The van der Waals surface area contributed by atoms with Crippen molar-refractivity contribution in [3.8, 4) is 0 Å². The van der Waals surface area contributed by atoms with Crippen molar-refractivity contribution in [1.82, 2.24) is 5.32 Å². The molecule has 0 heterocycles. The van der Waals surface area contributed by atoms with E-state index in [4.69, 9.17) is 5.73 Å². The van der Waals surface area contributed by atoms with Crippen LogP contribution in [0.1, 0.15) is 59.3 Å². The van der Waals surface area contributed by atoms with Gasteiger partial charge in [-0.15, -0.1) is 0 Å². The SMILES string of the molecule is CC(C)CCC(C)(CN)NCCC1=CCCC1. The number of allylic oxidation sites excluding steroid dienone is 1. The molecule has 17 heavy (non-hydrogen) atoms. The molecule has 0 bridgehead atoms. The first-order valence-electron chi connectivity index (χ1n) is 7.19. The maximum atomic E-state index is 5.91. The Bertz CT molecular complexity index is 245. The van der Waals surface area contributed by atoms with Crippen LogP contribution in [-0.2, 0) is 0 Å². The quantitative estimate of drug-likeness (QED) is 0.637. The van der Waals surface area contributed by atoms with Crippen LogP contribution in [0.3, 0.4) is 0 Å². The summed E-state index contributed by atoms with van der Waals surface area (Å²) in [6.45, 7) is 8.63. The molecule has 0 spiro atoms.